The van der Waals surface area contributed by atoms with Gasteiger partial charge in [-0.2, -0.15) is 0 Å². The monoisotopic (exact) mass is 200 g/mol. The number of hydrogen-bond donors (Lipinski definition) is 0. The van der Waals surface area contributed by atoms with Crippen molar-refractivity contribution >= 4 is 11.9 Å². The Labute approximate surface area is 81.6 Å². The van der Waals surface area contributed by atoms with E-state index in [0.717, 1.165) is 0 Å². The van der Waals surface area contributed by atoms with Gasteiger partial charge >= 0.3 is 11.9 Å². The summed E-state index contributed by atoms with van der Waals surface area (Å²) in [5.41, 5.74) is 0.387. The molecule has 14 heavy (non-hydrogen) atoms. The van der Waals surface area contributed by atoms with Gasteiger partial charge in [-0.1, -0.05) is 0 Å². The number of rotatable bonds is 3. The molecule has 0 N–H and O–H groups in total. The lowest BCUT2D eigenvalue weighted by atomic mass is 10.2. The number of carbonyl (C=O) groups is 2. The van der Waals surface area contributed by atoms with Crippen LogP contribution in [0, 0.1) is 0 Å². The van der Waals surface area contributed by atoms with E-state index in [-0.39, 0.29) is 6.42 Å². The second-order valence-electron chi connectivity index (χ2n) is 2.74. The van der Waals surface area contributed by atoms with Gasteiger partial charge in [0, 0.05) is 6.92 Å². The molecule has 1 aliphatic rings. The largest absolute Gasteiger partial charge is 0.463 e. The van der Waals surface area contributed by atoms with Gasteiger partial charge in [0.05, 0.1) is 24.9 Å². The van der Waals surface area contributed by atoms with E-state index in [4.69, 9.17) is 14.2 Å². The molecule has 0 aliphatic carbocycles. The summed E-state index contributed by atoms with van der Waals surface area (Å²) in [6.07, 6.45) is 0.830. The maximum Gasteiger partial charge on any atom is 0.337 e. The quantitative estimate of drug-likeness (QED) is 0.629. The van der Waals surface area contributed by atoms with Crippen molar-refractivity contribution in [3.05, 3.63) is 11.8 Å². The van der Waals surface area contributed by atoms with Gasteiger partial charge in [0.25, 0.3) is 0 Å². The van der Waals surface area contributed by atoms with E-state index < -0.39 is 18.2 Å². The molecule has 1 unspecified atom stereocenters. The van der Waals surface area contributed by atoms with Crippen LogP contribution in [0.5, 0.6) is 0 Å². The number of esters is 2. The third-order valence-electron chi connectivity index (χ3n) is 1.58. The van der Waals surface area contributed by atoms with Crippen LogP contribution in [0.15, 0.2) is 11.8 Å². The first-order valence-corrected chi connectivity index (χ1v) is 4.32. The minimum absolute atomic E-state index is 0.248. The van der Waals surface area contributed by atoms with Crippen LogP contribution >= 0.6 is 0 Å². The fourth-order valence-corrected chi connectivity index (χ4v) is 1.04. The lowest BCUT2D eigenvalue weighted by Crippen LogP contribution is -2.16. The average molecular weight is 200 g/mol. The number of carbonyl (C=O) groups excluding carboxylic acids is 2. The normalized spacial score (nSPS) is 19.6. The lowest BCUT2D eigenvalue weighted by molar-refractivity contribution is -0.163. The van der Waals surface area contributed by atoms with Crippen molar-refractivity contribution in [3.8, 4) is 0 Å². The van der Waals surface area contributed by atoms with E-state index in [2.05, 4.69) is 0 Å². The van der Waals surface area contributed by atoms with E-state index in [1.807, 2.05) is 0 Å². The molecule has 5 nitrogen and oxygen atoms in total. The minimum Gasteiger partial charge on any atom is -0.463 e. The molecule has 1 rings (SSSR count). The summed E-state index contributed by atoms with van der Waals surface area (Å²) in [5, 5.41) is 0. The third kappa shape index (κ3) is 2.76. The van der Waals surface area contributed by atoms with Crippen molar-refractivity contribution in [3.63, 3.8) is 0 Å². The zero-order valence-corrected chi connectivity index (χ0v) is 8.11. The molecular weight excluding hydrogens is 188 g/mol. The summed E-state index contributed by atoms with van der Waals surface area (Å²) in [4.78, 5) is 21.7. The first-order valence-electron chi connectivity index (χ1n) is 4.32. The molecule has 0 aromatic heterocycles. The smallest absolute Gasteiger partial charge is 0.337 e. The molecule has 1 aliphatic heterocycles. The molecule has 0 fully saturated rings. The van der Waals surface area contributed by atoms with Gasteiger partial charge in [-0.15, -0.1) is 0 Å². The van der Waals surface area contributed by atoms with Gasteiger partial charge < -0.3 is 14.2 Å². The standard InChI is InChI=1S/C9H12O5/c1-3-12-9(11)7-4-8(13-5-7)14-6(2)10/h5,8H,3-4H2,1-2H3. The molecule has 0 radical (unpaired) electrons. The highest BCUT2D eigenvalue weighted by Gasteiger charge is 2.26. The second kappa shape index (κ2) is 4.64. The average Bonchev–Trinajstić information content (AvgIpc) is 2.52. The molecule has 0 amide bonds. The summed E-state index contributed by atoms with van der Waals surface area (Å²) >= 11 is 0. The maximum absolute atomic E-state index is 11.2. The van der Waals surface area contributed by atoms with Crippen molar-refractivity contribution in [2.24, 2.45) is 0 Å². The first-order chi connectivity index (χ1) is 6.63. The fourth-order valence-electron chi connectivity index (χ4n) is 1.04. The Morgan fingerprint density at radius 1 is 1.64 bits per heavy atom. The van der Waals surface area contributed by atoms with Gasteiger partial charge in [0.2, 0.25) is 6.29 Å². The van der Waals surface area contributed by atoms with E-state index in [0.29, 0.717) is 12.2 Å². The van der Waals surface area contributed by atoms with Gasteiger partial charge in [0.1, 0.15) is 0 Å². The molecule has 0 aromatic rings. The van der Waals surface area contributed by atoms with E-state index >= 15 is 0 Å². The molecule has 0 saturated carbocycles. The Morgan fingerprint density at radius 3 is 2.93 bits per heavy atom. The van der Waals surface area contributed by atoms with Crippen LogP contribution < -0.4 is 0 Å². The summed E-state index contributed by atoms with van der Waals surface area (Å²) in [6, 6.07) is 0. The number of ether oxygens (including phenoxy) is 3. The SMILES string of the molecule is CCOC(=O)C1=COC(OC(C)=O)C1. The second-order valence-corrected chi connectivity index (χ2v) is 2.74. The van der Waals surface area contributed by atoms with Crippen molar-refractivity contribution in [1.29, 1.82) is 0 Å². The molecule has 0 spiro atoms. The van der Waals surface area contributed by atoms with Gasteiger partial charge in [0.15, 0.2) is 0 Å². The highest BCUT2D eigenvalue weighted by Crippen LogP contribution is 2.19. The van der Waals surface area contributed by atoms with E-state index in [9.17, 15) is 9.59 Å². The van der Waals surface area contributed by atoms with Crippen LogP contribution in [-0.2, 0) is 23.8 Å². The summed E-state index contributed by atoms with van der Waals surface area (Å²) < 4.78 is 14.4. The van der Waals surface area contributed by atoms with Crippen LogP contribution in [0.25, 0.3) is 0 Å². The van der Waals surface area contributed by atoms with Crippen LogP contribution in [0.3, 0.4) is 0 Å². The Kier molecular flexibility index (Phi) is 3.50. The van der Waals surface area contributed by atoms with E-state index in [1.54, 1.807) is 6.92 Å². The molecule has 5 heteroatoms. The molecule has 1 atom stereocenters. The Bertz CT molecular complexity index is 268. The van der Waals surface area contributed by atoms with Crippen LogP contribution in [0.4, 0.5) is 0 Å². The van der Waals surface area contributed by atoms with Crippen LogP contribution in [-0.4, -0.2) is 24.8 Å². The Balaban J connectivity index is 2.39. The van der Waals surface area contributed by atoms with E-state index in [1.165, 1.54) is 13.2 Å². The van der Waals surface area contributed by atoms with Gasteiger partial charge in [-0.05, 0) is 6.92 Å². The summed E-state index contributed by atoms with van der Waals surface area (Å²) in [5.74, 6) is -0.865. The van der Waals surface area contributed by atoms with Crippen LogP contribution in [0.2, 0.25) is 0 Å². The highest BCUT2D eigenvalue weighted by atomic mass is 16.7. The van der Waals surface area contributed by atoms with Gasteiger partial charge in [-0.25, -0.2) is 4.79 Å². The van der Waals surface area contributed by atoms with Gasteiger partial charge in [-0.3, -0.25) is 4.79 Å². The lowest BCUT2D eigenvalue weighted by Gasteiger charge is -2.09. The zero-order valence-electron chi connectivity index (χ0n) is 8.11. The van der Waals surface area contributed by atoms with Crippen LogP contribution in [0.1, 0.15) is 20.3 Å². The molecular formula is C9H12O5. The zero-order chi connectivity index (χ0) is 10.6. The van der Waals surface area contributed by atoms with Crippen molar-refractivity contribution in [2.45, 2.75) is 26.6 Å². The summed E-state index contributed by atoms with van der Waals surface area (Å²) in [6.45, 7) is 3.32. The molecule has 0 aromatic carbocycles. The minimum atomic E-state index is -0.688. The molecule has 78 valence electrons. The maximum atomic E-state index is 11.2. The third-order valence-corrected chi connectivity index (χ3v) is 1.58. The topological polar surface area (TPSA) is 61.8 Å². The van der Waals surface area contributed by atoms with Crippen molar-refractivity contribution < 1.29 is 23.8 Å². The molecule has 1 heterocycles. The fraction of sp³-hybridized carbons (Fsp3) is 0.556. The van der Waals surface area contributed by atoms with Crippen molar-refractivity contribution in [2.75, 3.05) is 6.61 Å². The number of hydrogen-bond acceptors (Lipinski definition) is 5. The Hall–Kier alpha value is -1.52. The Morgan fingerprint density at radius 2 is 2.36 bits per heavy atom. The molecule has 0 bridgehead atoms. The first kappa shape index (κ1) is 10.6. The molecule has 0 saturated heterocycles. The van der Waals surface area contributed by atoms with Crippen molar-refractivity contribution in [1.82, 2.24) is 0 Å². The predicted molar refractivity (Wildman–Crippen MR) is 46.0 cm³/mol. The highest BCUT2D eigenvalue weighted by molar-refractivity contribution is 5.88. The summed E-state index contributed by atoms with van der Waals surface area (Å²) in [7, 11) is 0. The predicted octanol–water partition coefficient (Wildman–Crippen LogP) is 0.743.